The van der Waals surface area contributed by atoms with Crippen molar-refractivity contribution in [1.29, 1.82) is 0 Å². The van der Waals surface area contributed by atoms with E-state index in [1.165, 1.54) is 6.92 Å². The fourth-order valence-electron chi connectivity index (χ4n) is 0.898. The molecule has 0 radical (unpaired) electrons. The van der Waals surface area contributed by atoms with Gasteiger partial charge >= 0.3 is 5.97 Å². The number of aliphatic hydroxyl groups excluding tert-OH is 1. The second-order valence-corrected chi connectivity index (χ2v) is 2.78. The Balaban J connectivity index is 4.10. The van der Waals surface area contributed by atoms with Gasteiger partial charge in [-0.3, -0.25) is 0 Å². The van der Waals surface area contributed by atoms with Crippen LogP contribution in [0.4, 0.5) is 0 Å². The Morgan fingerprint density at radius 1 is 1.58 bits per heavy atom. The highest BCUT2D eigenvalue weighted by Gasteiger charge is 2.11. The summed E-state index contributed by atoms with van der Waals surface area (Å²) in [6.45, 7) is 3.50. The van der Waals surface area contributed by atoms with Gasteiger partial charge in [0.1, 0.15) is 0 Å². The zero-order chi connectivity index (χ0) is 9.56. The number of rotatable bonds is 5. The number of aliphatic carboxylic acids is 1. The summed E-state index contributed by atoms with van der Waals surface area (Å²) in [5.41, 5.74) is 0.100. The van der Waals surface area contributed by atoms with Gasteiger partial charge in [0.05, 0.1) is 11.7 Å². The summed E-state index contributed by atoms with van der Waals surface area (Å²) in [5, 5.41) is 17.6. The van der Waals surface area contributed by atoms with Crippen LogP contribution in [0, 0.1) is 0 Å². The van der Waals surface area contributed by atoms with Crippen molar-refractivity contribution in [2.75, 3.05) is 0 Å². The Labute approximate surface area is 72.7 Å². The largest absolute Gasteiger partial charge is 0.478 e. The molecule has 1 unspecified atom stereocenters. The average molecular weight is 172 g/mol. The highest BCUT2D eigenvalue weighted by molar-refractivity contribution is 5.87. The minimum atomic E-state index is -1.03. The van der Waals surface area contributed by atoms with Crippen molar-refractivity contribution in [3.63, 3.8) is 0 Å². The van der Waals surface area contributed by atoms with Crippen molar-refractivity contribution in [3.8, 4) is 0 Å². The number of carbonyl (C=O) groups is 1. The van der Waals surface area contributed by atoms with Gasteiger partial charge in [-0.2, -0.15) is 0 Å². The van der Waals surface area contributed by atoms with Gasteiger partial charge in [-0.15, -0.1) is 0 Å². The smallest absolute Gasteiger partial charge is 0.333 e. The molecule has 0 aliphatic carbocycles. The number of carboxylic acid groups (broad SMARTS) is 1. The van der Waals surface area contributed by atoms with Crippen molar-refractivity contribution in [1.82, 2.24) is 0 Å². The Morgan fingerprint density at radius 3 is 2.50 bits per heavy atom. The van der Waals surface area contributed by atoms with E-state index in [-0.39, 0.29) is 5.57 Å². The molecular weight excluding hydrogens is 156 g/mol. The topological polar surface area (TPSA) is 57.5 Å². The summed E-state index contributed by atoms with van der Waals surface area (Å²) in [4.78, 5) is 10.5. The normalized spacial score (nSPS) is 14.4. The van der Waals surface area contributed by atoms with E-state index in [0.29, 0.717) is 0 Å². The van der Waals surface area contributed by atoms with E-state index in [0.717, 1.165) is 19.3 Å². The van der Waals surface area contributed by atoms with Gasteiger partial charge in [-0.1, -0.05) is 25.8 Å². The summed E-state index contributed by atoms with van der Waals surface area (Å²) in [5.74, 6) is -1.03. The molecule has 0 amide bonds. The summed E-state index contributed by atoms with van der Waals surface area (Å²) in [7, 11) is 0. The molecular formula is C9H16O3. The van der Waals surface area contributed by atoms with E-state index in [1.807, 2.05) is 6.92 Å². The van der Waals surface area contributed by atoms with Crippen LogP contribution in [0.2, 0.25) is 0 Å². The van der Waals surface area contributed by atoms with E-state index >= 15 is 0 Å². The first kappa shape index (κ1) is 11.2. The van der Waals surface area contributed by atoms with Gasteiger partial charge in [-0.25, -0.2) is 4.79 Å². The van der Waals surface area contributed by atoms with E-state index in [1.54, 1.807) is 6.08 Å². The van der Waals surface area contributed by atoms with Crippen LogP contribution in [0.25, 0.3) is 0 Å². The maximum absolute atomic E-state index is 10.5. The molecule has 0 rings (SSSR count). The van der Waals surface area contributed by atoms with Crippen LogP contribution in [0.1, 0.15) is 33.1 Å². The monoisotopic (exact) mass is 172 g/mol. The van der Waals surface area contributed by atoms with Crippen LogP contribution in [-0.4, -0.2) is 22.3 Å². The van der Waals surface area contributed by atoms with Crippen molar-refractivity contribution < 1.29 is 15.0 Å². The molecule has 0 aliphatic rings. The molecule has 3 nitrogen and oxygen atoms in total. The maximum Gasteiger partial charge on any atom is 0.333 e. The highest BCUT2D eigenvalue weighted by atomic mass is 16.4. The first-order valence-corrected chi connectivity index (χ1v) is 4.21. The Hall–Kier alpha value is -0.830. The van der Waals surface area contributed by atoms with Gasteiger partial charge < -0.3 is 10.2 Å². The van der Waals surface area contributed by atoms with Gasteiger partial charge in [0.25, 0.3) is 0 Å². The molecule has 0 aromatic rings. The Kier molecular flexibility index (Phi) is 5.37. The molecule has 2 N–H and O–H groups in total. The zero-order valence-corrected chi connectivity index (χ0v) is 7.58. The quantitative estimate of drug-likeness (QED) is 0.489. The SMILES string of the molecule is CCCCC=C(C(=O)O)C(C)O. The van der Waals surface area contributed by atoms with Crippen LogP contribution in [0.3, 0.4) is 0 Å². The van der Waals surface area contributed by atoms with Crippen LogP contribution >= 0.6 is 0 Å². The average Bonchev–Trinajstić information content (AvgIpc) is 1.96. The molecule has 0 aromatic heterocycles. The molecule has 0 fully saturated rings. The van der Waals surface area contributed by atoms with Crippen molar-refractivity contribution in [2.24, 2.45) is 0 Å². The second kappa shape index (κ2) is 5.77. The lowest BCUT2D eigenvalue weighted by atomic mass is 10.1. The standard InChI is InChI=1S/C9H16O3/c1-3-4-5-6-8(7(2)10)9(11)12/h6-7,10H,3-5H2,1-2H3,(H,11,12). The number of hydrogen-bond donors (Lipinski definition) is 2. The number of aliphatic hydroxyl groups is 1. The zero-order valence-electron chi connectivity index (χ0n) is 7.58. The third-order valence-electron chi connectivity index (χ3n) is 1.62. The molecule has 70 valence electrons. The highest BCUT2D eigenvalue weighted by Crippen LogP contribution is 2.06. The van der Waals surface area contributed by atoms with Gasteiger partial charge in [0, 0.05) is 0 Å². The molecule has 0 aromatic carbocycles. The van der Waals surface area contributed by atoms with Crippen molar-refractivity contribution >= 4 is 5.97 Å². The predicted molar refractivity (Wildman–Crippen MR) is 46.9 cm³/mol. The Bertz CT molecular complexity index is 171. The Morgan fingerprint density at radius 2 is 2.17 bits per heavy atom. The lowest BCUT2D eigenvalue weighted by Crippen LogP contribution is -2.13. The number of hydrogen-bond acceptors (Lipinski definition) is 2. The molecule has 0 bridgehead atoms. The summed E-state index contributed by atoms with van der Waals surface area (Å²) < 4.78 is 0. The lowest BCUT2D eigenvalue weighted by molar-refractivity contribution is -0.133. The van der Waals surface area contributed by atoms with Crippen LogP contribution in [0.15, 0.2) is 11.6 Å². The summed E-state index contributed by atoms with van der Waals surface area (Å²) >= 11 is 0. The fraction of sp³-hybridized carbons (Fsp3) is 0.667. The predicted octanol–water partition coefficient (Wildman–Crippen LogP) is 1.57. The summed E-state index contributed by atoms with van der Waals surface area (Å²) in [6, 6.07) is 0. The molecule has 1 atom stereocenters. The van der Waals surface area contributed by atoms with Crippen LogP contribution in [0.5, 0.6) is 0 Å². The molecule has 12 heavy (non-hydrogen) atoms. The fourth-order valence-corrected chi connectivity index (χ4v) is 0.898. The second-order valence-electron chi connectivity index (χ2n) is 2.78. The van der Waals surface area contributed by atoms with E-state index in [2.05, 4.69) is 0 Å². The molecule has 0 heterocycles. The third kappa shape index (κ3) is 4.13. The number of carboxylic acids is 1. The maximum atomic E-state index is 10.5. The van der Waals surface area contributed by atoms with Crippen LogP contribution < -0.4 is 0 Å². The number of unbranched alkanes of at least 4 members (excludes halogenated alkanes) is 2. The van der Waals surface area contributed by atoms with Gasteiger partial charge in [0.15, 0.2) is 0 Å². The first-order chi connectivity index (χ1) is 5.59. The van der Waals surface area contributed by atoms with Crippen molar-refractivity contribution in [3.05, 3.63) is 11.6 Å². The molecule has 3 heteroatoms. The molecule has 0 saturated carbocycles. The van der Waals surface area contributed by atoms with Gasteiger partial charge in [-0.05, 0) is 13.3 Å². The van der Waals surface area contributed by atoms with Gasteiger partial charge in [0.2, 0.25) is 0 Å². The van der Waals surface area contributed by atoms with Crippen LogP contribution in [-0.2, 0) is 4.79 Å². The summed E-state index contributed by atoms with van der Waals surface area (Å²) in [6.07, 6.45) is 3.44. The van der Waals surface area contributed by atoms with E-state index in [9.17, 15) is 4.79 Å². The first-order valence-electron chi connectivity index (χ1n) is 4.21. The minimum Gasteiger partial charge on any atom is -0.478 e. The lowest BCUT2D eigenvalue weighted by Gasteiger charge is -2.04. The number of allylic oxidation sites excluding steroid dienone is 1. The minimum absolute atomic E-state index is 0.100. The molecule has 0 spiro atoms. The van der Waals surface area contributed by atoms with E-state index < -0.39 is 12.1 Å². The molecule has 0 aliphatic heterocycles. The molecule has 0 saturated heterocycles. The van der Waals surface area contributed by atoms with E-state index in [4.69, 9.17) is 10.2 Å². The van der Waals surface area contributed by atoms with Crippen molar-refractivity contribution in [2.45, 2.75) is 39.2 Å². The third-order valence-corrected chi connectivity index (χ3v) is 1.62.